The molecule has 1 unspecified atom stereocenters. The smallest absolute Gasteiger partial charge is 0.407 e. The van der Waals surface area contributed by atoms with Gasteiger partial charge in [0, 0.05) is 23.4 Å². The summed E-state index contributed by atoms with van der Waals surface area (Å²) < 4.78 is 23.3. The zero-order valence-corrected chi connectivity index (χ0v) is 26.6. The fraction of sp³-hybridized carbons (Fsp3) is 0.205. The molecule has 7 rings (SSSR count). The number of ether oxygens (including phenoxy) is 3. The van der Waals surface area contributed by atoms with Gasteiger partial charge in [-0.2, -0.15) is 0 Å². The lowest BCUT2D eigenvalue weighted by atomic mass is 9.98. The molecular formula is C39H33NO8. The van der Waals surface area contributed by atoms with E-state index in [2.05, 4.69) is 5.32 Å². The molecule has 1 aliphatic carbocycles. The van der Waals surface area contributed by atoms with E-state index in [0.717, 1.165) is 33.0 Å². The van der Waals surface area contributed by atoms with Crippen molar-refractivity contribution in [2.75, 3.05) is 13.2 Å². The first-order valence-electron chi connectivity index (χ1n) is 15.7. The number of rotatable bonds is 7. The topological polar surface area (TPSA) is 124 Å². The number of aromatic hydroxyl groups is 1. The van der Waals surface area contributed by atoms with E-state index in [4.69, 9.17) is 18.6 Å². The van der Waals surface area contributed by atoms with Crippen LogP contribution < -0.4 is 15.5 Å². The maximum absolute atomic E-state index is 13.5. The first-order valence-corrected chi connectivity index (χ1v) is 15.7. The van der Waals surface area contributed by atoms with E-state index in [1.807, 2.05) is 99.6 Å². The molecule has 5 aromatic carbocycles. The fourth-order valence-electron chi connectivity index (χ4n) is 6.19. The molecule has 6 aromatic rings. The number of nitrogens with one attached hydrogen (secondary N) is 1. The number of alkyl carbamates (subject to hydrolysis) is 1. The third-order valence-corrected chi connectivity index (χ3v) is 8.44. The Labute approximate surface area is 275 Å². The summed E-state index contributed by atoms with van der Waals surface area (Å²) in [5.74, 6) is -1.52. The van der Waals surface area contributed by atoms with Gasteiger partial charge in [-0.3, -0.25) is 4.79 Å². The molecule has 1 amide bonds. The Bertz CT molecular complexity index is 2240. The van der Waals surface area contributed by atoms with Gasteiger partial charge in [-0.05, 0) is 54.5 Å². The summed E-state index contributed by atoms with van der Waals surface area (Å²) in [6.45, 7) is 5.31. The van der Waals surface area contributed by atoms with Crippen LogP contribution >= 0.6 is 0 Å². The molecule has 0 aliphatic heterocycles. The molecule has 1 aromatic heterocycles. The number of carbonyl (C=O) groups is 2. The number of fused-ring (bicyclic) bond motifs is 7. The Morgan fingerprint density at radius 1 is 0.875 bits per heavy atom. The maximum atomic E-state index is 13.5. The number of hydrogen-bond acceptors (Lipinski definition) is 8. The summed E-state index contributed by atoms with van der Waals surface area (Å²) in [5, 5.41) is 15.3. The highest BCUT2D eigenvalue weighted by atomic mass is 16.6. The fourth-order valence-corrected chi connectivity index (χ4v) is 6.19. The Kier molecular flexibility index (Phi) is 7.85. The highest BCUT2D eigenvalue weighted by Crippen LogP contribution is 2.44. The third kappa shape index (κ3) is 5.84. The number of amides is 1. The van der Waals surface area contributed by atoms with Gasteiger partial charge in [0.2, 0.25) is 5.43 Å². The van der Waals surface area contributed by atoms with E-state index in [1.54, 1.807) is 6.07 Å². The van der Waals surface area contributed by atoms with Crippen molar-refractivity contribution in [2.45, 2.75) is 38.3 Å². The van der Waals surface area contributed by atoms with Crippen LogP contribution in [0, 0.1) is 0 Å². The monoisotopic (exact) mass is 643 g/mol. The van der Waals surface area contributed by atoms with Crippen LogP contribution in [0.15, 0.2) is 106 Å². The van der Waals surface area contributed by atoms with Crippen LogP contribution in [0.1, 0.15) is 37.8 Å². The Morgan fingerprint density at radius 3 is 2.25 bits per heavy atom. The van der Waals surface area contributed by atoms with Crippen LogP contribution in [0.4, 0.5) is 4.79 Å². The lowest BCUT2D eigenvalue weighted by molar-refractivity contribution is -0.139. The molecule has 0 saturated heterocycles. The summed E-state index contributed by atoms with van der Waals surface area (Å²) in [7, 11) is 0. The molecule has 0 spiro atoms. The lowest BCUT2D eigenvalue weighted by Gasteiger charge is -2.24. The normalized spacial score (nSPS) is 13.3. The van der Waals surface area contributed by atoms with Crippen LogP contribution in [-0.2, 0) is 14.3 Å². The summed E-state index contributed by atoms with van der Waals surface area (Å²) in [5.41, 5.74) is 3.65. The largest absolute Gasteiger partial charge is 0.507 e. The summed E-state index contributed by atoms with van der Waals surface area (Å²) in [6.07, 6.45) is -0.818. The standard InChI is InChI=1S/C39H33NO8/c1-39(2,3)46-21-31(40-38(44)45-20-30-27-14-8-6-12-25(27)26-13-7-9-15-28(26)30)37(43)47-23-18-32(41)34-33(19-23)48-36-24-11-5-4-10-22(24)16-17-29(36)35(34)42/h4-19,30-31,41H,20-21H2,1-3H3,(H,40,44). The zero-order valence-electron chi connectivity index (χ0n) is 26.6. The number of phenolic OH excluding ortho intramolecular Hbond substituents is 1. The second-order valence-electron chi connectivity index (χ2n) is 12.8. The maximum Gasteiger partial charge on any atom is 0.407 e. The molecule has 9 heteroatoms. The lowest BCUT2D eigenvalue weighted by Crippen LogP contribution is -2.47. The molecule has 9 nitrogen and oxygen atoms in total. The van der Waals surface area contributed by atoms with Gasteiger partial charge >= 0.3 is 12.1 Å². The number of benzene rings is 5. The minimum Gasteiger partial charge on any atom is -0.507 e. The molecule has 1 aliphatic rings. The molecule has 0 saturated carbocycles. The van der Waals surface area contributed by atoms with Gasteiger partial charge in [-0.1, -0.05) is 78.9 Å². The van der Waals surface area contributed by atoms with Crippen molar-refractivity contribution in [1.29, 1.82) is 0 Å². The van der Waals surface area contributed by atoms with Crippen LogP contribution in [0.5, 0.6) is 11.5 Å². The highest BCUT2D eigenvalue weighted by molar-refractivity contribution is 6.07. The first-order chi connectivity index (χ1) is 23.1. The average Bonchev–Trinajstić information content (AvgIpc) is 3.38. The van der Waals surface area contributed by atoms with Gasteiger partial charge in [-0.15, -0.1) is 0 Å². The van der Waals surface area contributed by atoms with E-state index in [-0.39, 0.29) is 35.9 Å². The van der Waals surface area contributed by atoms with Crippen LogP contribution in [0.2, 0.25) is 0 Å². The molecule has 1 atom stereocenters. The molecule has 0 radical (unpaired) electrons. The number of esters is 1. The Morgan fingerprint density at radius 2 is 1.54 bits per heavy atom. The molecule has 48 heavy (non-hydrogen) atoms. The number of phenols is 1. The van der Waals surface area contributed by atoms with Crippen molar-refractivity contribution in [3.8, 4) is 22.6 Å². The summed E-state index contributed by atoms with van der Waals surface area (Å²) in [6, 6.07) is 28.2. The molecule has 2 N–H and O–H groups in total. The molecular weight excluding hydrogens is 610 g/mol. The van der Waals surface area contributed by atoms with E-state index in [0.29, 0.717) is 11.0 Å². The van der Waals surface area contributed by atoms with E-state index in [1.165, 1.54) is 12.1 Å². The number of carbonyl (C=O) groups excluding carboxylic acids is 2. The van der Waals surface area contributed by atoms with Gasteiger partial charge in [0.25, 0.3) is 0 Å². The van der Waals surface area contributed by atoms with Gasteiger partial charge in [-0.25, -0.2) is 9.59 Å². The SMILES string of the molecule is CC(C)(C)OCC(NC(=O)OCC1c2ccccc2-c2ccccc21)C(=O)Oc1cc(O)c2c(=O)c3ccc4ccccc4c3oc2c1. The highest BCUT2D eigenvalue weighted by Gasteiger charge is 2.31. The quantitative estimate of drug-likeness (QED) is 0.0797. The summed E-state index contributed by atoms with van der Waals surface area (Å²) in [4.78, 5) is 40.0. The molecule has 0 bridgehead atoms. The van der Waals surface area contributed by atoms with Gasteiger partial charge in [0.1, 0.15) is 34.7 Å². The number of hydrogen-bond donors (Lipinski definition) is 2. The molecule has 0 fully saturated rings. The van der Waals surface area contributed by atoms with Crippen molar-refractivity contribution >= 4 is 44.8 Å². The predicted octanol–water partition coefficient (Wildman–Crippen LogP) is 7.43. The molecule has 242 valence electrons. The van der Waals surface area contributed by atoms with Gasteiger partial charge in [0.05, 0.1) is 17.6 Å². The van der Waals surface area contributed by atoms with Crippen LogP contribution in [0.3, 0.4) is 0 Å². The predicted molar refractivity (Wildman–Crippen MR) is 182 cm³/mol. The van der Waals surface area contributed by atoms with E-state index >= 15 is 0 Å². The summed E-state index contributed by atoms with van der Waals surface area (Å²) >= 11 is 0. The average molecular weight is 644 g/mol. The minimum absolute atomic E-state index is 0.0399. The first kappa shape index (κ1) is 31.0. The van der Waals surface area contributed by atoms with Crippen molar-refractivity contribution in [2.24, 2.45) is 0 Å². The van der Waals surface area contributed by atoms with Gasteiger partial charge in [0.15, 0.2) is 6.04 Å². The van der Waals surface area contributed by atoms with Crippen molar-refractivity contribution in [1.82, 2.24) is 5.32 Å². The zero-order chi connectivity index (χ0) is 33.6. The van der Waals surface area contributed by atoms with Crippen molar-refractivity contribution < 1.29 is 33.3 Å². The van der Waals surface area contributed by atoms with E-state index in [9.17, 15) is 19.5 Å². The van der Waals surface area contributed by atoms with E-state index < -0.39 is 34.9 Å². The van der Waals surface area contributed by atoms with Crippen LogP contribution in [-0.4, -0.2) is 42.0 Å². The van der Waals surface area contributed by atoms with Crippen LogP contribution in [0.25, 0.3) is 43.8 Å². The third-order valence-electron chi connectivity index (χ3n) is 8.44. The van der Waals surface area contributed by atoms with Crippen molar-refractivity contribution in [3.05, 3.63) is 118 Å². The Balaban J connectivity index is 1.12. The second kappa shape index (κ2) is 12.2. The second-order valence-corrected chi connectivity index (χ2v) is 12.8. The Hall–Kier alpha value is -5.67. The molecule has 1 heterocycles. The minimum atomic E-state index is -1.26. The van der Waals surface area contributed by atoms with Gasteiger partial charge < -0.3 is 29.1 Å². The van der Waals surface area contributed by atoms with Crippen molar-refractivity contribution in [3.63, 3.8) is 0 Å².